The quantitative estimate of drug-likeness (QED) is 0.0204. The van der Waals surface area contributed by atoms with E-state index >= 15 is 0 Å². The van der Waals surface area contributed by atoms with Gasteiger partial charge in [0.15, 0.2) is 12.6 Å². The van der Waals surface area contributed by atoms with Gasteiger partial charge in [-0.2, -0.15) is 0 Å². The van der Waals surface area contributed by atoms with Crippen LogP contribution < -0.4 is 5.32 Å². The van der Waals surface area contributed by atoms with E-state index in [1.54, 1.807) is 0 Å². The Morgan fingerprint density at radius 2 is 0.750 bits per heavy atom. The Hall–Kier alpha value is -1.53. The van der Waals surface area contributed by atoms with Crippen LogP contribution in [0, 0.1) is 0 Å². The van der Waals surface area contributed by atoms with E-state index in [9.17, 15) is 45.6 Å². The van der Waals surface area contributed by atoms with Gasteiger partial charge < -0.3 is 65.1 Å². The molecule has 9 N–H and O–H groups in total. The first-order chi connectivity index (χ1) is 43.1. The molecule has 0 spiro atoms. The Morgan fingerprint density at radius 3 is 1.14 bits per heavy atom. The molecule has 12 unspecified atom stereocenters. The predicted molar refractivity (Wildman–Crippen MR) is 360 cm³/mol. The van der Waals surface area contributed by atoms with Gasteiger partial charge in [-0.3, -0.25) is 4.79 Å². The van der Waals surface area contributed by atoms with Gasteiger partial charge in [0.25, 0.3) is 0 Å². The maximum Gasteiger partial charge on any atom is 0.220 e. The molecule has 0 radical (unpaired) electrons. The lowest BCUT2D eigenvalue weighted by atomic mass is 9.97. The summed E-state index contributed by atoms with van der Waals surface area (Å²) < 4.78 is 23.0. The van der Waals surface area contributed by atoms with Gasteiger partial charge >= 0.3 is 0 Å². The van der Waals surface area contributed by atoms with E-state index in [-0.39, 0.29) is 12.5 Å². The molecule has 0 aromatic rings. The van der Waals surface area contributed by atoms with Crippen LogP contribution in [0.5, 0.6) is 0 Å². The Bertz CT molecular complexity index is 1570. The van der Waals surface area contributed by atoms with Crippen LogP contribution in [0.15, 0.2) is 24.3 Å². The third-order valence-corrected chi connectivity index (χ3v) is 18.7. The average molecular weight is 1250 g/mol. The molecule has 0 bridgehead atoms. The third-order valence-electron chi connectivity index (χ3n) is 18.7. The van der Waals surface area contributed by atoms with Gasteiger partial charge in [0.1, 0.15) is 48.8 Å². The molecule has 2 aliphatic heterocycles. The van der Waals surface area contributed by atoms with Gasteiger partial charge in [-0.05, 0) is 44.9 Å². The highest BCUT2D eigenvalue weighted by Crippen LogP contribution is 2.30. The van der Waals surface area contributed by atoms with Gasteiger partial charge in [-0.25, -0.2) is 0 Å². The number of aliphatic hydroxyl groups is 8. The van der Waals surface area contributed by atoms with E-state index in [2.05, 4.69) is 43.5 Å². The summed E-state index contributed by atoms with van der Waals surface area (Å²) in [5.41, 5.74) is 0. The fourth-order valence-corrected chi connectivity index (χ4v) is 12.7. The molecule has 0 aliphatic carbocycles. The number of aliphatic hydroxyl groups excluding tert-OH is 8. The largest absolute Gasteiger partial charge is 0.394 e. The fourth-order valence-electron chi connectivity index (χ4n) is 12.7. The van der Waals surface area contributed by atoms with Crippen LogP contribution in [0.2, 0.25) is 0 Å². The SMILES string of the molecule is CCCCCCC/C=C\C/C=C\CCCCCCCCCCCCCCCCCCCCCC(=O)NC(COC1OC(CO)C(OC2OC(CO)C(O)C(O)C2O)C(O)C1O)C(O)CCCCCCCCCCCCCCCCCCCCCCCCC. The first-order valence-corrected chi connectivity index (χ1v) is 37.6. The van der Waals surface area contributed by atoms with E-state index in [0.717, 1.165) is 57.8 Å². The van der Waals surface area contributed by atoms with Crippen LogP contribution in [-0.2, 0) is 23.7 Å². The zero-order chi connectivity index (χ0) is 63.8. The molecule has 2 saturated heterocycles. The first-order valence-electron chi connectivity index (χ1n) is 37.6. The van der Waals surface area contributed by atoms with E-state index in [0.29, 0.717) is 12.8 Å². The minimum atomic E-state index is -1.78. The van der Waals surface area contributed by atoms with Crippen molar-refractivity contribution in [1.29, 1.82) is 0 Å². The number of hydrogen-bond donors (Lipinski definition) is 9. The number of ether oxygens (including phenoxy) is 4. The number of amides is 1. The number of carbonyl (C=O) groups excluding carboxylic acids is 1. The molecule has 14 heteroatoms. The molecule has 520 valence electrons. The number of unbranched alkanes of at least 4 members (excludes halogenated alkanes) is 46. The van der Waals surface area contributed by atoms with E-state index < -0.39 is 86.8 Å². The molecule has 1 amide bonds. The minimum Gasteiger partial charge on any atom is -0.394 e. The van der Waals surface area contributed by atoms with E-state index in [1.165, 1.54) is 263 Å². The van der Waals surface area contributed by atoms with Gasteiger partial charge in [-0.15, -0.1) is 0 Å². The summed E-state index contributed by atoms with van der Waals surface area (Å²) in [5, 5.41) is 87.7. The van der Waals surface area contributed by atoms with E-state index in [4.69, 9.17) is 18.9 Å². The highest BCUT2D eigenvalue weighted by atomic mass is 16.7. The maximum absolute atomic E-state index is 13.4. The molecule has 0 aromatic heterocycles. The predicted octanol–water partition coefficient (Wildman–Crippen LogP) is 15.9. The third kappa shape index (κ3) is 42.6. The van der Waals surface area contributed by atoms with Crippen LogP contribution in [0.1, 0.15) is 348 Å². The van der Waals surface area contributed by atoms with Crippen molar-refractivity contribution in [3.63, 3.8) is 0 Å². The summed E-state index contributed by atoms with van der Waals surface area (Å²) in [7, 11) is 0. The zero-order valence-electron chi connectivity index (χ0n) is 56.7. The van der Waals surface area contributed by atoms with Gasteiger partial charge in [0.2, 0.25) is 5.91 Å². The number of nitrogens with one attached hydrogen (secondary N) is 1. The zero-order valence-corrected chi connectivity index (χ0v) is 56.7. The van der Waals surface area contributed by atoms with Crippen molar-refractivity contribution in [2.45, 2.75) is 421 Å². The van der Waals surface area contributed by atoms with Crippen LogP contribution in [0.3, 0.4) is 0 Å². The molecule has 2 heterocycles. The van der Waals surface area contributed by atoms with Gasteiger partial charge in [-0.1, -0.05) is 321 Å². The highest BCUT2D eigenvalue weighted by molar-refractivity contribution is 5.76. The molecule has 12 atom stereocenters. The number of allylic oxidation sites excluding steroid dienone is 4. The molecule has 14 nitrogen and oxygen atoms in total. The number of carbonyl (C=O) groups is 1. The summed E-state index contributed by atoms with van der Waals surface area (Å²) in [6.45, 7) is 2.91. The lowest BCUT2D eigenvalue weighted by molar-refractivity contribution is -0.359. The molecular weight excluding hydrogens is 1110 g/mol. The number of hydrogen-bond acceptors (Lipinski definition) is 13. The normalized spacial score (nSPS) is 23.2. The summed E-state index contributed by atoms with van der Waals surface area (Å²) >= 11 is 0. The fraction of sp³-hybridized carbons (Fsp3) is 0.932. The van der Waals surface area contributed by atoms with Crippen LogP contribution in [0.25, 0.3) is 0 Å². The van der Waals surface area contributed by atoms with E-state index in [1.807, 2.05) is 0 Å². The van der Waals surface area contributed by atoms with Crippen molar-refractivity contribution in [2.75, 3.05) is 19.8 Å². The standard InChI is InChI=1S/C74H141NO13/c1-3-5-7-9-11-13-15-17-19-21-23-25-27-28-29-30-31-32-33-34-36-38-40-42-44-46-48-50-52-54-56-58-66(79)75-62(61-85-73-71(84)69(82)72(65(60-77)87-73)88-74-70(83)68(81)67(80)64(59-76)86-74)63(78)57-55-53-51-49-47-45-43-41-39-37-35-26-24-22-20-18-16-14-12-10-8-6-4-2/h15,17,21,23,62-65,67-74,76-78,80-84H,3-14,16,18-20,22,24-61H2,1-2H3,(H,75,79)/b17-15-,23-21-. The van der Waals surface area contributed by atoms with Crippen molar-refractivity contribution in [1.82, 2.24) is 5.32 Å². The molecule has 0 aromatic carbocycles. The lowest BCUT2D eigenvalue weighted by Gasteiger charge is -2.46. The van der Waals surface area contributed by atoms with Crippen molar-refractivity contribution >= 4 is 5.91 Å². The van der Waals surface area contributed by atoms with Crippen LogP contribution in [0.4, 0.5) is 0 Å². The topological polar surface area (TPSA) is 228 Å². The molecule has 2 rings (SSSR count). The number of rotatable bonds is 63. The Kier molecular flexibility index (Phi) is 55.6. The van der Waals surface area contributed by atoms with Crippen LogP contribution >= 0.6 is 0 Å². The summed E-state index contributed by atoms with van der Waals surface area (Å²) in [4.78, 5) is 13.4. The average Bonchev–Trinajstić information content (AvgIpc) is 3.10. The monoisotopic (exact) mass is 1250 g/mol. The van der Waals surface area contributed by atoms with Crippen molar-refractivity contribution in [3.05, 3.63) is 24.3 Å². The maximum atomic E-state index is 13.4. The Labute approximate surface area is 539 Å². The highest BCUT2D eigenvalue weighted by Gasteiger charge is 2.51. The molecule has 2 fully saturated rings. The van der Waals surface area contributed by atoms with Crippen molar-refractivity contribution in [3.8, 4) is 0 Å². The molecular formula is C74H141NO13. The smallest absolute Gasteiger partial charge is 0.220 e. The second-order valence-corrected chi connectivity index (χ2v) is 26.8. The summed E-state index contributed by atoms with van der Waals surface area (Å²) in [6, 6.07) is -0.828. The van der Waals surface area contributed by atoms with Gasteiger partial charge in [0.05, 0.1) is 32.0 Å². The van der Waals surface area contributed by atoms with Gasteiger partial charge in [0, 0.05) is 6.42 Å². The molecule has 2 aliphatic rings. The van der Waals surface area contributed by atoms with Crippen LogP contribution in [-0.4, -0.2) is 140 Å². The lowest BCUT2D eigenvalue weighted by Crippen LogP contribution is -2.65. The summed E-state index contributed by atoms with van der Waals surface area (Å²) in [5.74, 6) is -0.199. The molecule has 88 heavy (non-hydrogen) atoms. The Morgan fingerprint density at radius 1 is 0.409 bits per heavy atom. The first kappa shape index (κ1) is 82.6. The summed E-state index contributed by atoms with van der Waals surface area (Å²) in [6.07, 6.45) is 57.7. The second-order valence-electron chi connectivity index (χ2n) is 26.8. The molecule has 0 saturated carbocycles. The minimum absolute atomic E-state index is 0.199. The van der Waals surface area contributed by atoms with Crippen molar-refractivity contribution in [2.24, 2.45) is 0 Å². The second kappa shape index (κ2) is 59.2. The van der Waals surface area contributed by atoms with Crippen molar-refractivity contribution < 1.29 is 64.6 Å². The Balaban J connectivity index is 1.63.